The molecular weight excluding hydrogens is 524 g/mol. The van der Waals surface area contributed by atoms with E-state index in [0.717, 1.165) is 0 Å². The fourth-order valence-electron chi connectivity index (χ4n) is 2.34. The molecule has 0 aliphatic carbocycles. The van der Waals surface area contributed by atoms with Crippen molar-refractivity contribution in [3.8, 4) is 0 Å². The number of H-pyrrole nitrogens is 1. The molecule has 3 rings (SSSR count). The average molecular weight is 538 g/mol. The van der Waals surface area contributed by atoms with Gasteiger partial charge in [0.2, 0.25) is 5.95 Å². The van der Waals surface area contributed by atoms with Gasteiger partial charge >= 0.3 is 64.3 Å². The third-order valence-electron chi connectivity index (χ3n) is 3.58. The van der Waals surface area contributed by atoms with Crippen molar-refractivity contribution in [3.63, 3.8) is 0 Å². The predicted octanol–water partition coefficient (Wildman–Crippen LogP) is -1.48. The molecule has 0 aliphatic rings. The van der Waals surface area contributed by atoms with Crippen LogP contribution in [0.2, 0.25) is 0 Å². The number of anilines is 1. The second kappa shape index (κ2) is 11.1. The van der Waals surface area contributed by atoms with Crippen molar-refractivity contribution in [1.29, 1.82) is 0 Å². The summed E-state index contributed by atoms with van der Waals surface area (Å²) in [6.45, 7) is 0.220. The molecule has 1 aromatic carbocycles. The fraction of sp³-hybridized carbons (Fsp3) is 0.188. The number of carbonyl (C=O) groups is 2. The zero-order valence-electron chi connectivity index (χ0n) is 15.6. The summed E-state index contributed by atoms with van der Waals surface area (Å²) < 4.78 is 10.9. The molecule has 0 saturated heterocycles. The van der Waals surface area contributed by atoms with Crippen molar-refractivity contribution in [2.24, 2.45) is 0 Å². The Kier molecular flexibility index (Phi) is 9.78. The molecule has 3 aromatic rings. The first kappa shape index (κ1) is 25.6. The van der Waals surface area contributed by atoms with Gasteiger partial charge in [-0.2, -0.15) is 29.4 Å². The van der Waals surface area contributed by atoms with Crippen molar-refractivity contribution in [1.82, 2.24) is 19.7 Å². The van der Waals surface area contributed by atoms with Gasteiger partial charge in [-0.3, -0.25) is 24.6 Å². The van der Waals surface area contributed by atoms with Crippen LogP contribution in [0.25, 0.3) is 11.0 Å². The van der Waals surface area contributed by atoms with Gasteiger partial charge in [-0.25, -0.2) is 9.78 Å². The van der Waals surface area contributed by atoms with Crippen molar-refractivity contribution in [2.75, 3.05) is 19.5 Å². The van der Waals surface area contributed by atoms with Crippen LogP contribution in [0.15, 0.2) is 27.6 Å². The molecule has 0 atom stereocenters. The van der Waals surface area contributed by atoms with Crippen LogP contribution in [-0.4, -0.2) is 51.5 Å². The number of hydrogen-bond donors (Lipinski definition) is 2. The van der Waals surface area contributed by atoms with Gasteiger partial charge in [0.1, 0.15) is 5.52 Å². The van der Waals surface area contributed by atoms with Crippen molar-refractivity contribution < 1.29 is 82.7 Å². The summed E-state index contributed by atoms with van der Waals surface area (Å²) in [5, 5.41) is 6.55. The molecule has 29 heavy (non-hydrogen) atoms. The van der Waals surface area contributed by atoms with E-state index in [-0.39, 0.29) is 87.2 Å². The van der Waals surface area contributed by atoms with Crippen LogP contribution in [0.4, 0.5) is 10.7 Å². The van der Waals surface area contributed by atoms with Crippen molar-refractivity contribution in [3.05, 3.63) is 50.3 Å². The number of benzene rings is 1. The molecule has 2 aromatic heterocycles. The molecule has 0 radical (unpaired) electrons. The van der Waals surface area contributed by atoms with Gasteiger partial charge in [-0.1, -0.05) is 5.56 Å². The molecule has 0 unspecified atom stereocenters. The van der Waals surface area contributed by atoms with E-state index in [9.17, 15) is 14.4 Å². The van der Waals surface area contributed by atoms with Gasteiger partial charge in [0, 0.05) is 6.54 Å². The number of halogens is 1. The van der Waals surface area contributed by atoms with Crippen molar-refractivity contribution >= 4 is 45.0 Å². The first-order valence-corrected chi connectivity index (χ1v) is 8.32. The Morgan fingerprint density at radius 3 is 2.62 bits per heavy atom. The van der Waals surface area contributed by atoms with Gasteiger partial charge in [0.15, 0.2) is 10.1 Å². The molecule has 0 fully saturated rings. The molecule has 148 valence electrons. The monoisotopic (exact) mass is 536 g/mol. The average Bonchev–Trinajstić information content (AvgIpc) is 2.97. The number of nitrogens with zero attached hydrogens (tertiary/aromatic N) is 3. The van der Waals surface area contributed by atoms with E-state index >= 15 is 0 Å². The topological polar surface area (TPSA) is 158 Å². The number of nitrogens with one attached hydrogen (secondary N) is 2. The predicted molar refractivity (Wildman–Crippen MR) is 99.5 cm³/mol. The quantitative estimate of drug-likeness (QED) is 0.301. The van der Waals surface area contributed by atoms with E-state index < -0.39 is 17.6 Å². The van der Waals surface area contributed by atoms with Crippen LogP contribution in [-0.2, 0) is 16.0 Å². The minimum atomic E-state index is -0.763. The van der Waals surface area contributed by atoms with Crippen LogP contribution in [0, 0.1) is 6.07 Å². The summed E-state index contributed by atoms with van der Waals surface area (Å²) in [4.78, 5) is 41.8. The zero-order chi connectivity index (χ0) is 19.6. The summed E-state index contributed by atoms with van der Waals surface area (Å²) in [6, 6.07) is 7.74. The number of ether oxygens (including phenoxy) is 2. The van der Waals surface area contributed by atoms with Gasteiger partial charge < -0.3 is 14.9 Å². The van der Waals surface area contributed by atoms with Crippen LogP contribution in [0.5, 0.6) is 0 Å². The summed E-state index contributed by atoms with van der Waals surface area (Å²) in [5.74, 6) is -0.523. The number of fused-ring (bicyclic) bond motifs is 1. The largest absolute Gasteiger partial charge is 1.00 e. The second-order valence-corrected chi connectivity index (χ2v) is 6.02. The first-order valence-electron chi connectivity index (χ1n) is 7.53. The minimum Gasteiger partial charge on any atom is -0.870 e. The Bertz CT molecular complexity index is 1080. The number of rotatable bonds is 4. The molecule has 1 amide bonds. The molecule has 2 heterocycles. The Balaban J connectivity index is 0.00000210. The number of aromatic amines is 1. The number of methoxy groups -OCH3 is 2. The zero-order valence-corrected chi connectivity index (χ0v) is 22.1. The van der Waals surface area contributed by atoms with Gasteiger partial charge in [0.05, 0.1) is 14.2 Å². The molecule has 13 heteroatoms. The van der Waals surface area contributed by atoms with E-state index in [1.165, 1.54) is 25.0 Å². The molecule has 0 saturated carbocycles. The Hall–Kier alpha value is -1.44. The molecule has 0 aliphatic heterocycles. The summed E-state index contributed by atoms with van der Waals surface area (Å²) >= 11 is 3.26. The van der Waals surface area contributed by atoms with E-state index in [1.54, 1.807) is 12.1 Å². The maximum atomic E-state index is 12.4. The van der Waals surface area contributed by atoms with E-state index in [4.69, 9.17) is 0 Å². The third kappa shape index (κ3) is 5.80. The molecule has 11 nitrogen and oxygen atoms in total. The standard InChI is InChI=1S/C16H13BrN5O5.H2O.Rb/c1-26-14(24)9-5-3-8(4-6-9)7-22-11-10(12(17)21-22)18-15(19-13(11)23)20-16(25)27-2;;/h3,5-6H,7H2,1-2H3,(H2,18,19,20,23,25);1H2;/q-1;;+1/p-1. The Morgan fingerprint density at radius 1 is 1.31 bits per heavy atom. The van der Waals surface area contributed by atoms with Gasteiger partial charge in [-0.15, -0.1) is 5.56 Å². The minimum absolute atomic E-state index is 0. The van der Waals surface area contributed by atoms with Gasteiger partial charge in [0.25, 0.3) is 11.5 Å². The molecule has 0 bridgehead atoms. The third-order valence-corrected chi connectivity index (χ3v) is 4.12. The Labute approximate surface area is 221 Å². The SMILES string of the molecule is COC(=O)Nc1nc2c(Br)nn(Cc3[c-]cc(C(=O)OC)cc3)c2c(=O)[nH]1.[OH-].[Rb+]. The van der Waals surface area contributed by atoms with E-state index in [0.29, 0.717) is 15.7 Å². The van der Waals surface area contributed by atoms with E-state index in [2.05, 4.69) is 51.9 Å². The maximum Gasteiger partial charge on any atom is 1.00 e. The second-order valence-electron chi connectivity index (χ2n) is 5.27. The van der Waals surface area contributed by atoms with Crippen molar-refractivity contribution in [2.45, 2.75) is 6.54 Å². The van der Waals surface area contributed by atoms with E-state index in [1.807, 2.05) is 0 Å². The number of esters is 1. The van der Waals surface area contributed by atoms with Crippen LogP contribution in [0.1, 0.15) is 15.9 Å². The fourth-order valence-corrected chi connectivity index (χ4v) is 2.80. The molecular formula is C16H14BrN5O6Rb-. The first-order chi connectivity index (χ1) is 12.9. The smallest absolute Gasteiger partial charge is 0.870 e. The normalized spacial score (nSPS) is 9.90. The number of amides is 1. The number of hydrogen-bond acceptors (Lipinski definition) is 8. The van der Waals surface area contributed by atoms with Crippen LogP contribution in [0.3, 0.4) is 0 Å². The summed E-state index contributed by atoms with van der Waals surface area (Å²) in [5.41, 5.74) is 1.05. The summed E-state index contributed by atoms with van der Waals surface area (Å²) in [6.07, 6.45) is -0.763. The Morgan fingerprint density at radius 2 is 2.03 bits per heavy atom. The molecule has 0 spiro atoms. The number of carbonyl (C=O) groups excluding carboxylic acids is 2. The summed E-state index contributed by atoms with van der Waals surface area (Å²) in [7, 11) is 2.49. The molecule has 3 N–H and O–H groups in total. The maximum absolute atomic E-state index is 12.4. The number of aromatic nitrogens is 4. The van der Waals surface area contributed by atoms with Crippen LogP contribution >= 0.6 is 15.9 Å². The van der Waals surface area contributed by atoms with Crippen LogP contribution < -0.4 is 69.1 Å². The van der Waals surface area contributed by atoms with Gasteiger partial charge in [-0.05, 0) is 15.9 Å².